The van der Waals surface area contributed by atoms with Crippen LogP contribution in [0.25, 0.3) is 0 Å². The molecular weight excluding hydrogens is 347 g/mol. The van der Waals surface area contributed by atoms with Gasteiger partial charge in [-0.3, -0.25) is 14.5 Å². The number of urea groups is 1. The number of carbonyl (C=O) groups is 3. The van der Waals surface area contributed by atoms with Crippen LogP contribution in [0.2, 0.25) is 5.02 Å². The van der Waals surface area contributed by atoms with Crippen molar-refractivity contribution in [2.75, 3.05) is 6.54 Å². The molecule has 1 N–H and O–H groups in total. The van der Waals surface area contributed by atoms with E-state index in [2.05, 4.69) is 5.32 Å². The summed E-state index contributed by atoms with van der Waals surface area (Å²) in [5.74, 6) is -1.46. The largest absolute Gasteiger partial charge is 0.325 e. The number of carbonyl (C=O) groups excluding carboxylic acids is 3. The van der Waals surface area contributed by atoms with Crippen LogP contribution in [0.4, 0.5) is 9.18 Å². The van der Waals surface area contributed by atoms with Crippen LogP contribution in [0, 0.1) is 5.82 Å². The lowest BCUT2D eigenvalue weighted by atomic mass is 9.92. The van der Waals surface area contributed by atoms with Gasteiger partial charge >= 0.3 is 6.03 Å². The summed E-state index contributed by atoms with van der Waals surface area (Å²) in [6, 6.07) is 10.8. The highest BCUT2D eigenvalue weighted by molar-refractivity contribution is 6.30. The molecule has 1 saturated heterocycles. The smallest absolute Gasteiger partial charge is 0.319 e. The van der Waals surface area contributed by atoms with E-state index in [9.17, 15) is 18.8 Å². The van der Waals surface area contributed by atoms with Gasteiger partial charge in [0, 0.05) is 10.6 Å². The molecule has 3 rings (SSSR count). The van der Waals surface area contributed by atoms with Crippen molar-refractivity contribution < 1.29 is 18.8 Å². The number of Topliss-reactive ketones (excluding diaryl/α,β-unsaturated/α-hetero) is 1. The maximum absolute atomic E-state index is 12.9. The quantitative estimate of drug-likeness (QED) is 0.673. The second kappa shape index (κ2) is 6.29. The normalized spacial score (nSPS) is 19.9. The summed E-state index contributed by atoms with van der Waals surface area (Å²) in [6.45, 7) is 1.15. The SMILES string of the molecule is C[C@]1(c2ccc(Cl)cc2)NC(=O)N(CC(=O)c2ccc(F)cc2)C1=O. The van der Waals surface area contributed by atoms with Crippen LogP contribution >= 0.6 is 11.6 Å². The van der Waals surface area contributed by atoms with E-state index in [-0.39, 0.29) is 5.56 Å². The lowest BCUT2D eigenvalue weighted by molar-refractivity contribution is -0.130. The summed E-state index contributed by atoms with van der Waals surface area (Å²) < 4.78 is 12.9. The fourth-order valence-electron chi connectivity index (χ4n) is 2.69. The molecule has 2 aromatic rings. The zero-order chi connectivity index (χ0) is 18.2. The third kappa shape index (κ3) is 3.13. The molecule has 0 saturated carbocycles. The van der Waals surface area contributed by atoms with Gasteiger partial charge in [-0.25, -0.2) is 9.18 Å². The van der Waals surface area contributed by atoms with Gasteiger partial charge in [0.1, 0.15) is 11.4 Å². The lowest BCUT2D eigenvalue weighted by Crippen LogP contribution is -2.41. The van der Waals surface area contributed by atoms with Crippen molar-refractivity contribution in [1.82, 2.24) is 10.2 Å². The molecule has 0 aliphatic carbocycles. The van der Waals surface area contributed by atoms with Crippen molar-refractivity contribution in [2.45, 2.75) is 12.5 Å². The van der Waals surface area contributed by atoms with Gasteiger partial charge in [0.05, 0.1) is 6.54 Å². The van der Waals surface area contributed by atoms with Crippen molar-refractivity contribution in [1.29, 1.82) is 0 Å². The Morgan fingerprint density at radius 1 is 1.12 bits per heavy atom. The highest BCUT2D eigenvalue weighted by Crippen LogP contribution is 2.29. The summed E-state index contributed by atoms with van der Waals surface area (Å²) in [5, 5.41) is 3.12. The predicted octanol–water partition coefficient (Wildman–Crippen LogP) is 3.13. The molecule has 3 amide bonds. The van der Waals surface area contributed by atoms with Gasteiger partial charge in [-0.05, 0) is 48.9 Å². The van der Waals surface area contributed by atoms with E-state index in [1.165, 1.54) is 12.1 Å². The molecule has 7 heteroatoms. The molecule has 1 aliphatic heterocycles. The van der Waals surface area contributed by atoms with Gasteiger partial charge in [-0.2, -0.15) is 0 Å². The van der Waals surface area contributed by atoms with Gasteiger partial charge in [-0.1, -0.05) is 23.7 Å². The molecule has 0 radical (unpaired) electrons. The number of hydrogen-bond acceptors (Lipinski definition) is 3. The highest BCUT2D eigenvalue weighted by atomic mass is 35.5. The van der Waals surface area contributed by atoms with Gasteiger partial charge in [0.15, 0.2) is 5.78 Å². The van der Waals surface area contributed by atoms with Crippen LogP contribution < -0.4 is 5.32 Å². The van der Waals surface area contributed by atoms with Crippen molar-refractivity contribution in [3.8, 4) is 0 Å². The number of imide groups is 1. The maximum atomic E-state index is 12.9. The molecule has 1 heterocycles. The minimum atomic E-state index is -1.27. The average Bonchev–Trinajstić information content (AvgIpc) is 2.80. The van der Waals surface area contributed by atoms with E-state index in [1.807, 2.05) is 0 Å². The third-order valence-electron chi connectivity index (χ3n) is 4.16. The van der Waals surface area contributed by atoms with E-state index in [1.54, 1.807) is 31.2 Å². The first kappa shape index (κ1) is 17.1. The van der Waals surface area contributed by atoms with Crippen LogP contribution in [0.5, 0.6) is 0 Å². The Bertz CT molecular complexity index is 852. The van der Waals surface area contributed by atoms with Crippen LogP contribution in [-0.2, 0) is 10.3 Å². The fraction of sp³-hybridized carbons (Fsp3) is 0.167. The van der Waals surface area contributed by atoms with Gasteiger partial charge < -0.3 is 5.32 Å². The Kier molecular flexibility index (Phi) is 4.30. The molecule has 1 aliphatic rings. The number of hydrogen-bond donors (Lipinski definition) is 1. The zero-order valence-corrected chi connectivity index (χ0v) is 14.0. The molecule has 1 atom stereocenters. The number of rotatable bonds is 4. The molecule has 25 heavy (non-hydrogen) atoms. The van der Waals surface area contributed by atoms with Gasteiger partial charge in [0.25, 0.3) is 5.91 Å². The summed E-state index contributed by atoms with van der Waals surface area (Å²) >= 11 is 5.85. The van der Waals surface area contributed by atoms with E-state index in [4.69, 9.17) is 11.6 Å². The van der Waals surface area contributed by atoms with E-state index in [0.717, 1.165) is 17.0 Å². The Balaban J connectivity index is 1.82. The first-order chi connectivity index (χ1) is 11.8. The third-order valence-corrected chi connectivity index (χ3v) is 4.42. The van der Waals surface area contributed by atoms with Crippen LogP contribution in [0.1, 0.15) is 22.8 Å². The number of ketones is 1. The topological polar surface area (TPSA) is 66.5 Å². The molecule has 2 aromatic carbocycles. The van der Waals surface area contributed by atoms with E-state index in [0.29, 0.717) is 10.6 Å². The number of amides is 3. The minimum absolute atomic E-state index is 0.224. The first-order valence-corrected chi connectivity index (χ1v) is 7.88. The number of halogens is 2. The number of benzene rings is 2. The molecule has 0 spiro atoms. The Labute approximate surface area is 148 Å². The van der Waals surface area contributed by atoms with E-state index >= 15 is 0 Å². The molecule has 1 fully saturated rings. The van der Waals surface area contributed by atoms with Gasteiger partial charge in [-0.15, -0.1) is 0 Å². The van der Waals surface area contributed by atoms with E-state index < -0.39 is 35.6 Å². The Morgan fingerprint density at radius 2 is 1.72 bits per heavy atom. The summed E-state index contributed by atoms with van der Waals surface area (Å²) in [7, 11) is 0. The van der Waals surface area contributed by atoms with Crippen molar-refractivity contribution in [3.05, 3.63) is 70.5 Å². The summed E-state index contributed by atoms with van der Waals surface area (Å²) in [6.07, 6.45) is 0. The molecular formula is C18H14ClFN2O3. The summed E-state index contributed by atoms with van der Waals surface area (Å²) in [5.41, 5.74) is -0.487. The molecule has 5 nitrogen and oxygen atoms in total. The molecule has 0 unspecified atom stereocenters. The highest BCUT2D eigenvalue weighted by Gasteiger charge is 2.49. The van der Waals surface area contributed by atoms with Gasteiger partial charge in [0.2, 0.25) is 0 Å². The first-order valence-electron chi connectivity index (χ1n) is 7.50. The second-order valence-electron chi connectivity index (χ2n) is 5.88. The van der Waals surface area contributed by atoms with Crippen LogP contribution in [0.3, 0.4) is 0 Å². The maximum Gasteiger partial charge on any atom is 0.325 e. The van der Waals surface area contributed by atoms with Crippen LogP contribution in [-0.4, -0.2) is 29.2 Å². The predicted molar refractivity (Wildman–Crippen MR) is 89.8 cm³/mol. The number of nitrogens with zero attached hydrogens (tertiary/aromatic N) is 1. The van der Waals surface area contributed by atoms with Crippen molar-refractivity contribution >= 4 is 29.3 Å². The molecule has 128 valence electrons. The van der Waals surface area contributed by atoms with Crippen LogP contribution in [0.15, 0.2) is 48.5 Å². The summed E-state index contributed by atoms with van der Waals surface area (Å²) in [4.78, 5) is 38.1. The Morgan fingerprint density at radius 3 is 2.32 bits per heavy atom. The Hall–Kier alpha value is -2.73. The molecule has 0 bridgehead atoms. The minimum Gasteiger partial charge on any atom is -0.319 e. The number of nitrogens with one attached hydrogen (secondary N) is 1. The lowest BCUT2D eigenvalue weighted by Gasteiger charge is -2.22. The van der Waals surface area contributed by atoms with Crippen molar-refractivity contribution in [2.24, 2.45) is 0 Å². The molecule has 0 aromatic heterocycles. The standard InChI is InChI=1S/C18H14ClFN2O3/c1-18(12-4-6-13(19)7-5-12)16(24)22(17(25)21-18)10-15(23)11-2-8-14(20)9-3-11/h2-9H,10H2,1H3,(H,21,25)/t18-/m1/s1. The average molecular weight is 361 g/mol. The fourth-order valence-corrected chi connectivity index (χ4v) is 2.82. The second-order valence-corrected chi connectivity index (χ2v) is 6.32. The zero-order valence-electron chi connectivity index (χ0n) is 13.3. The van der Waals surface area contributed by atoms with Crippen molar-refractivity contribution in [3.63, 3.8) is 0 Å². The monoisotopic (exact) mass is 360 g/mol.